The maximum Gasteiger partial charge on any atom is 0.119 e. The first kappa shape index (κ1) is 12.7. The highest BCUT2D eigenvalue weighted by molar-refractivity contribution is 7.99. The van der Waals surface area contributed by atoms with Gasteiger partial charge in [-0.1, -0.05) is 6.92 Å². The van der Waals surface area contributed by atoms with Gasteiger partial charge in [0, 0.05) is 5.39 Å². The molecule has 1 heterocycles. The highest BCUT2D eigenvalue weighted by atomic mass is 32.2. The van der Waals surface area contributed by atoms with Crippen LogP contribution in [0.5, 0.6) is 5.75 Å². The molecule has 0 unspecified atom stereocenters. The number of nitrogens with zero attached hydrogens (tertiary/aromatic N) is 2. The average molecular weight is 258 g/mol. The standard InChI is InChI=1S/C14H14N2OS/c1-3-6-18-14-11(9-15)7-10-8-12(17-2)4-5-13(10)16-14/h4-5,7-8H,3,6H2,1-2H3. The third-order valence-electron chi connectivity index (χ3n) is 2.55. The van der Waals surface area contributed by atoms with Crippen LogP contribution in [0.2, 0.25) is 0 Å². The Labute approximate surface area is 111 Å². The van der Waals surface area contributed by atoms with Gasteiger partial charge in [0.15, 0.2) is 0 Å². The summed E-state index contributed by atoms with van der Waals surface area (Å²) in [6.45, 7) is 2.12. The largest absolute Gasteiger partial charge is 0.497 e. The molecule has 0 aliphatic heterocycles. The van der Waals surface area contributed by atoms with Crippen LogP contribution in [-0.4, -0.2) is 17.8 Å². The summed E-state index contributed by atoms with van der Waals surface area (Å²) in [6, 6.07) is 9.79. The molecule has 0 spiro atoms. The lowest BCUT2D eigenvalue weighted by Crippen LogP contribution is -1.91. The quantitative estimate of drug-likeness (QED) is 0.786. The number of rotatable bonds is 4. The predicted molar refractivity (Wildman–Crippen MR) is 74.0 cm³/mol. The van der Waals surface area contributed by atoms with Gasteiger partial charge in [-0.25, -0.2) is 4.98 Å². The van der Waals surface area contributed by atoms with Gasteiger partial charge in [0.1, 0.15) is 16.8 Å². The van der Waals surface area contributed by atoms with Gasteiger partial charge >= 0.3 is 0 Å². The van der Waals surface area contributed by atoms with E-state index in [0.29, 0.717) is 5.56 Å². The topological polar surface area (TPSA) is 45.9 Å². The molecule has 0 radical (unpaired) electrons. The monoisotopic (exact) mass is 258 g/mol. The van der Waals surface area contributed by atoms with Crippen LogP contribution in [-0.2, 0) is 0 Å². The molecule has 0 bridgehead atoms. The second kappa shape index (κ2) is 5.74. The smallest absolute Gasteiger partial charge is 0.119 e. The van der Waals surface area contributed by atoms with E-state index in [1.54, 1.807) is 18.9 Å². The molecule has 0 aliphatic rings. The average Bonchev–Trinajstić information content (AvgIpc) is 2.43. The minimum atomic E-state index is 0.634. The van der Waals surface area contributed by atoms with Crippen LogP contribution < -0.4 is 4.74 Å². The molecule has 18 heavy (non-hydrogen) atoms. The molecular weight excluding hydrogens is 244 g/mol. The van der Waals surface area contributed by atoms with E-state index in [9.17, 15) is 0 Å². The van der Waals surface area contributed by atoms with E-state index in [1.165, 1.54) is 0 Å². The molecule has 1 aromatic carbocycles. The number of hydrogen-bond donors (Lipinski definition) is 0. The van der Waals surface area contributed by atoms with Gasteiger partial charge in [0.25, 0.3) is 0 Å². The molecule has 0 saturated carbocycles. The zero-order valence-corrected chi connectivity index (χ0v) is 11.3. The van der Waals surface area contributed by atoms with E-state index < -0.39 is 0 Å². The first-order valence-corrected chi connectivity index (χ1v) is 6.78. The Hall–Kier alpha value is -1.73. The lowest BCUT2D eigenvalue weighted by atomic mass is 10.1. The predicted octanol–water partition coefficient (Wildman–Crippen LogP) is 3.62. The van der Waals surface area contributed by atoms with E-state index >= 15 is 0 Å². The highest BCUT2D eigenvalue weighted by Crippen LogP contribution is 2.27. The number of thioether (sulfide) groups is 1. The van der Waals surface area contributed by atoms with Gasteiger partial charge < -0.3 is 4.74 Å². The van der Waals surface area contributed by atoms with Crippen molar-refractivity contribution >= 4 is 22.7 Å². The van der Waals surface area contributed by atoms with Crippen molar-refractivity contribution < 1.29 is 4.74 Å². The Morgan fingerprint density at radius 1 is 1.39 bits per heavy atom. The summed E-state index contributed by atoms with van der Waals surface area (Å²) >= 11 is 1.63. The summed E-state index contributed by atoms with van der Waals surface area (Å²) in [5, 5.41) is 10.9. The van der Waals surface area contributed by atoms with Gasteiger partial charge in [-0.2, -0.15) is 5.26 Å². The summed E-state index contributed by atoms with van der Waals surface area (Å²) in [4.78, 5) is 4.54. The zero-order valence-electron chi connectivity index (χ0n) is 10.4. The van der Waals surface area contributed by atoms with Crippen LogP contribution >= 0.6 is 11.8 Å². The minimum Gasteiger partial charge on any atom is -0.497 e. The molecule has 1 aromatic heterocycles. The summed E-state index contributed by atoms with van der Waals surface area (Å²) in [6.07, 6.45) is 1.07. The van der Waals surface area contributed by atoms with E-state index in [4.69, 9.17) is 10.00 Å². The van der Waals surface area contributed by atoms with Crippen LogP contribution in [0.3, 0.4) is 0 Å². The SMILES string of the molecule is CCCSc1nc2ccc(OC)cc2cc1C#N. The second-order valence-corrected chi connectivity index (χ2v) is 4.94. The maximum absolute atomic E-state index is 9.17. The fraction of sp³-hybridized carbons (Fsp3) is 0.286. The van der Waals surface area contributed by atoms with Crippen LogP contribution in [0.4, 0.5) is 0 Å². The molecular formula is C14H14N2OS. The molecule has 2 rings (SSSR count). The lowest BCUT2D eigenvalue weighted by molar-refractivity contribution is 0.415. The van der Waals surface area contributed by atoms with Crippen molar-refractivity contribution in [2.45, 2.75) is 18.4 Å². The molecule has 0 N–H and O–H groups in total. The van der Waals surface area contributed by atoms with Crippen molar-refractivity contribution in [3.05, 3.63) is 29.8 Å². The fourth-order valence-electron chi connectivity index (χ4n) is 1.65. The van der Waals surface area contributed by atoms with Gasteiger partial charge in [0.2, 0.25) is 0 Å². The Kier molecular flexibility index (Phi) is 4.06. The molecule has 3 nitrogen and oxygen atoms in total. The summed E-state index contributed by atoms with van der Waals surface area (Å²) in [5.41, 5.74) is 1.53. The zero-order chi connectivity index (χ0) is 13.0. The first-order chi connectivity index (χ1) is 8.78. The number of fused-ring (bicyclic) bond motifs is 1. The molecule has 0 saturated heterocycles. The van der Waals surface area contributed by atoms with Crippen molar-refractivity contribution in [1.82, 2.24) is 4.98 Å². The Morgan fingerprint density at radius 3 is 2.89 bits per heavy atom. The van der Waals surface area contributed by atoms with Crippen molar-refractivity contribution in [1.29, 1.82) is 5.26 Å². The Bertz CT molecular complexity index is 605. The number of aromatic nitrogens is 1. The maximum atomic E-state index is 9.17. The number of methoxy groups -OCH3 is 1. The second-order valence-electron chi connectivity index (χ2n) is 3.86. The summed E-state index contributed by atoms with van der Waals surface area (Å²) in [5.74, 6) is 1.76. The van der Waals surface area contributed by atoms with Crippen molar-refractivity contribution in [3.8, 4) is 11.8 Å². The van der Waals surface area contributed by atoms with E-state index in [-0.39, 0.29) is 0 Å². The Morgan fingerprint density at radius 2 is 2.22 bits per heavy atom. The number of hydrogen-bond acceptors (Lipinski definition) is 4. The molecule has 0 aliphatic carbocycles. The molecule has 92 valence electrons. The highest BCUT2D eigenvalue weighted by Gasteiger charge is 2.07. The number of benzene rings is 1. The van der Waals surface area contributed by atoms with Crippen LogP contribution in [0, 0.1) is 11.3 Å². The molecule has 0 amide bonds. The van der Waals surface area contributed by atoms with Crippen molar-refractivity contribution in [2.75, 3.05) is 12.9 Å². The summed E-state index contributed by atoms with van der Waals surface area (Å²) < 4.78 is 5.18. The van der Waals surface area contributed by atoms with E-state index in [1.807, 2.05) is 24.3 Å². The number of nitriles is 1. The number of ether oxygens (including phenoxy) is 1. The van der Waals surface area contributed by atoms with Gasteiger partial charge in [-0.05, 0) is 36.4 Å². The third kappa shape index (κ3) is 2.57. The van der Waals surface area contributed by atoms with Gasteiger partial charge in [-0.3, -0.25) is 0 Å². The van der Waals surface area contributed by atoms with Gasteiger partial charge in [0.05, 0.1) is 18.2 Å². The fourth-order valence-corrected chi connectivity index (χ4v) is 2.47. The van der Waals surface area contributed by atoms with E-state index in [2.05, 4.69) is 18.0 Å². The first-order valence-electron chi connectivity index (χ1n) is 5.80. The molecule has 0 fully saturated rings. The molecule has 4 heteroatoms. The Balaban J connectivity index is 2.51. The van der Waals surface area contributed by atoms with Crippen LogP contribution in [0.15, 0.2) is 29.3 Å². The normalized spacial score (nSPS) is 10.3. The van der Waals surface area contributed by atoms with Crippen LogP contribution in [0.1, 0.15) is 18.9 Å². The van der Waals surface area contributed by atoms with Crippen molar-refractivity contribution in [3.63, 3.8) is 0 Å². The third-order valence-corrected chi connectivity index (χ3v) is 3.75. The molecule has 2 aromatic rings. The lowest BCUT2D eigenvalue weighted by Gasteiger charge is -2.06. The van der Waals surface area contributed by atoms with E-state index in [0.717, 1.165) is 33.9 Å². The van der Waals surface area contributed by atoms with Crippen molar-refractivity contribution in [2.24, 2.45) is 0 Å². The number of pyridine rings is 1. The summed E-state index contributed by atoms with van der Waals surface area (Å²) in [7, 11) is 1.63. The van der Waals surface area contributed by atoms with Crippen LogP contribution in [0.25, 0.3) is 10.9 Å². The molecule has 0 atom stereocenters. The van der Waals surface area contributed by atoms with Gasteiger partial charge in [-0.15, -0.1) is 11.8 Å². The minimum absolute atomic E-state index is 0.634.